The average molecular weight is 239 g/mol. The van der Waals surface area contributed by atoms with Crippen molar-refractivity contribution in [3.63, 3.8) is 0 Å². The Kier molecular flexibility index (Phi) is 3.14. The van der Waals surface area contributed by atoms with Crippen LogP contribution < -0.4 is 5.73 Å². The summed E-state index contributed by atoms with van der Waals surface area (Å²) in [5, 5.41) is 10.9. The molecule has 0 saturated carbocycles. The van der Waals surface area contributed by atoms with Crippen LogP contribution in [-0.4, -0.2) is 25.6 Å². The number of anilines is 1. The van der Waals surface area contributed by atoms with Gasteiger partial charge in [-0.05, 0) is 5.25 Å². The molecule has 0 aliphatic rings. The van der Waals surface area contributed by atoms with E-state index in [2.05, 4.69) is 34.2 Å². The number of nitrogens with zero attached hydrogens (tertiary/aromatic N) is 3. The van der Waals surface area contributed by atoms with Gasteiger partial charge >= 0.3 is 0 Å². The number of nitrogens with one attached hydrogen (secondary N) is 1. The third-order valence-electron chi connectivity index (χ3n) is 1.84. The van der Waals surface area contributed by atoms with Crippen molar-refractivity contribution in [2.75, 3.05) is 5.73 Å². The molecule has 0 fully saturated rings. The molecule has 2 rings (SSSR count). The zero-order valence-corrected chi connectivity index (χ0v) is 9.91. The number of thioether (sulfide) groups is 1. The van der Waals surface area contributed by atoms with Crippen molar-refractivity contribution in [1.29, 1.82) is 0 Å². The van der Waals surface area contributed by atoms with E-state index in [1.807, 2.05) is 0 Å². The Hall–Kier alpha value is -1.50. The molecule has 6 nitrogen and oxygen atoms in total. The van der Waals surface area contributed by atoms with Gasteiger partial charge in [-0.25, -0.2) is 0 Å². The number of aromatic amines is 1. The molecule has 0 saturated heterocycles. The second-order valence-electron chi connectivity index (χ2n) is 3.58. The molecule has 0 aliphatic carbocycles. The largest absolute Gasteiger partial charge is 0.382 e. The van der Waals surface area contributed by atoms with Crippen molar-refractivity contribution < 1.29 is 4.52 Å². The lowest BCUT2D eigenvalue weighted by molar-refractivity contribution is 0.424. The van der Waals surface area contributed by atoms with Crippen LogP contribution in [0.5, 0.6) is 0 Å². The van der Waals surface area contributed by atoms with E-state index in [0.29, 0.717) is 28.5 Å². The summed E-state index contributed by atoms with van der Waals surface area (Å²) >= 11 is 1.76. The van der Waals surface area contributed by atoms with E-state index in [4.69, 9.17) is 10.3 Å². The molecule has 2 aromatic rings. The maximum atomic E-state index is 5.48. The Balaban J connectivity index is 2.07. The van der Waals surface area contributed by atoms with Crippen LogP contribution >= 0.6 is 11.8 Å². The topological polar surface area (TPSA) is 93.6 Å². The third-order valence-corrected chi connectivity index (χ3v) is 2.93. The van der Waals surface area contributed by atoms with Crippen molar-refractivity contribution in [2.45, 2.75) is 24.9 Å². The van der Waals surface area contributed by atoms with Gasteiger partial charge in [-0.3, -0.25) is 5.10 Å². The van der Waals surface area contributed by atoms with Crippen molar-refractivity contribution in [3.8, 4) is 11.6 Å². The normalized spacial score (nSPS) is 11.2. The molecule has 0 spiro atoms. The van der Waals surface area contributed by atoms with Crippen LogP contribution in [0.25, 0.3) is 11.6 Å². The molecule has 0 radical (unpaired) electrons. The van der Waals surface area contributed by atoms with E-state index in [1.54, 1.807) is 17.8 Å². The second kappa shape index (κ2) is 4.56. The van der Waals surface area contributed by atoms with Crippen LogP contribution in [-0.2, 0) is 5.75 Å². The molecular weight excluding hydrogens is 226 g/mol. The maximum Gasteiger partial charge on any atom is 0.276 e. The van der Waals surface area contributed by atoms with Gasteiger partial charge in [0.05, 0.1) is 5.75 Å². The summed E-state index contributed by atoms with van der Waals surface area (Å²) in [6.07, 6.45) is 0. The summed E-state index contributed by atoms with van der Waals surface area (Å²) in [6.45, 7) is 4.25. The predicted molar refractivity (Wildman–Crippen MR) is 62.7 cm³/mol. The van der Waals surface area contributed by atoms with Gasteiger partial charge in [-0.1, -0.05) is 19.0 Å². The lowest BCUT2D eigenvalue weighted by atomic mass is 10.4. The van der Waals surface area contributed by atoms with E-state index in [0.717, 1.165) is 5.75 Å². The summed E-state index contributed by atoms with van der Waals surface area (Å²) in [7, 11) is 0. The SMILES string of the molecule is CC(C)SCc1noc(-c2cc(N)n[nH]2)n1. The summed E-state index contributed by atoms with van der Waals surface area (Å²) in [5.74, 6) is 2.25. The minimum absolute atomic E-state index is 0.409. The van der Waals surface area contributed by atoms with Crippen LogP contribution in [0.4, 0.5) is 5.82 Å². The van der Waals surface area contributed by atoms with Crippen molar-refractivity contribution in [3.05, 3.63) is 11.9 Å². The highest BCUT2D eigenvalue weighted by Gasteiger charge is 2.11. The first-order valence-electron chi connectivity index (χ1n) is 4.90. The summed E-state index contributed by atoms with van der Waals surface area (Å²) < 4.78 is 5.10. The fourth-order valence-electron chi connectivity index (χ4n) is 1.11. The zero-order chi connectivity index (χ0) is 11.5. The minimum Gasteiger partial charge on any atom is -0.382 e. The first-order chi connectivity index (χ1) is 7.65. The molecule has 2 aromatic heterocycles. The molecule has 3 N–H and O–H groups in total. The van der Waals surface area contributed by atoms with Gasteiger partial charge in [0.25, 0.3) is 5.89 Å². The van der Waals surface area contributed by atoms with Crippen LogP contribution in [0.3, 0.4) is 0 Å². The number of hydrogen-bond donors (Lipinski definition) is 2. The predicted octanol–water partition coefficient (Wildman–Crippen LogP) is 1.68. The first-order valence-corrected chi connectivity index (χ1v) is 5.95. The van der Waals surface area contributed by atoms with E-state index in [-0.39, 0.29) is 0 Å². The number of hydrogen-bond acceptors (Lipinski definition) is 6. The number of nitrogen functional groups attached to an aromatic ring is 1. The van der Waals surface area contributed by atoms with Gasteiger partial charge in [-0.15, -0.1) is 0 Å². The Morgan fingerprint density at radius 2 is 2.38 bits per heavy atom. The van der Waals surface area contributed by atoms with E-state index < -0.39 is 0 Å². The molecule has 0 unspecified atom stereocenters. The van der Waals surface area contributed by atoms with Crippen molar-refractivity contribution in [2.24, 2.45) is 0 Å². The molecule has 16 heavy (non-hydrogen) atoms. The van der Waals surface area contributed by atoms with Gasteiger partial charge in [0.2, 0.25) is 0 Å². The van der Waals surface area contributed by atoms with Crippen LogP contribution in [0, 0.1) is 0 Å². The number of rotatable bonds is 4. The monoisotopic (exact) mass is 239 g/mol. The molecule has 7 heteroatoms. The van der Waals surface area contributed by atoms with Crippen LogP contribution in [0.1, 0.15) is 19.7 Å². The highest BCUT2D eigenvalue weighted by molar-refractivity contribution is 7.99. The first kappa shape index (κ1) is 11.0. The molecule has 86 valence electrons. The molecule has 0 aliphatic heterocycles. The Bertz CT molecular complexity index is 464. The van der Waals surface area contributed by atoms with Gasteiger partial charge in [0, 0.05) is 6.07 Å². The standard InChI is InChI=1S/C9H13N5OS/c1-5(2)16-4-8-11-9(15-14-8)6-3-7(10)13-12-6/h3,5H,4H2,1-2H3,(H3,10,12,13). The summed E-state index contributed by atoms with van der Waals surface area (Å²) in [4.78, 5) is 4.24. The van der Waals surface area contributed by atoms with E-state index in [9.17, 15) is 0 Å². The van der Waals surface area contributed by atoms with E-state index >= 15 is 0 Å². The van der Waals surface area contributed by atoms with Crippen molar-refractivity contribution in [1.82, 2.24) is 20.3 Å². The highest BCUT2D eigenvalue weighted by Crippen LogP contribution is 2.19. The smallest absolute Gasteiger partial charge is 0.276 e. The third kappa shape index (κ3) is 2.54. The fourth-order valence-corrected chi connectivity index (χ4v) is 1.71. The zero-order valence-electron chi connectivity index (χ0n) is 9.10. The molecule has 0 bridgehead atoms. The highest BCUT2D eigenvalue weighted by atomic mass is 32.2. The van der Waals surface area contributed by atoms with E-state index in [1.165, 1.54) is 0 Å². The Morgan fingerprint density at radius 1 is 1.56 bits per heavy atom. The molecule has 0 amide bonds. The Labute approximate surface area is 97.0 Å². The maximum absolute atomic E-state index is 5.48. The fraction of sp³-hybridized carbons (Fsp3) is 0.444. The molecule has 2 heterocycles. The Morgan fingerprint density at radius 3 is 3.00 bits per heavy atom. The molecule has 0 atom stereocenters. The second-order valence-corrected chi connectivity index (χ2v) is 5.15. The quantitative estimate of drug-likeness (QED) is 0.843. The lowest BCUT2D eigenvalue weighted by Gasteiger charge is -1.98. The van der Waals surface area contributed by atoms with Crippen molar-refractivity contribution >= 4 is 17.6 Å². The number of aromatic nitrogens is 4. The molecule has 0 aromatic carbocycles. The van der Waals surface area contributed by atoms with Gasteiger partial charge in [0.1, 0.15) is 11.5 Å². The summed E-state index contributed by atoms with van der Waals surface area (Å²) in [5.41, 5.74) is 6.13. The van der Waals surface area contributed by atoms with Gasteiger partial charge in [-0.2, -0.15) is 21.8 Å². The number of H-pyrrole nitrogens is 1. The summed E-state index contributed by atoms with van der Waals surface area (Å²) in [6, 6.07) is 1.66. The average Bonchev–Trinajstić information content (AvgIpc) is 2.83. The number of nitrogens with two attached hydrogens (primary N) is 1. The van der Waals surface area contributed by atoms with Crippen LogP contribution in [0.2, 0.25) is 0 Å². The van der Waals surface area contributed by atoms with Gasteiger partial charge < -0.3 is 10.3 Å². The molecular formula is C9H13N5OS. The minimum atomic E-state index is 0.409. The van der Waals surface area contributed by atoms with Gasteiger partial charge in [0.15, 0.2) is 5.82 Å². The van der Waals surface area contributed by atoms with Crippen LogP contribution in [0.15, 0.2) is 10.6 Å². The lowest BCUT2D eigenvalue weighted by Crippen LogP contribution is -1.90.